The van der Waals surface area contributed by atoms with Crippen LogP contribution >= 0.6 is 0 Å². The first-order valence-electron chi connectivity index (χ1n) is 10.6. The summed E-state index contributed by atoms with van der Waals surface area (Å²) in [5.41, 5.74) is 1.98. The van der Waals surface area contributed by atoms with Crippen LogP contribution in [-0.4, -0.2) is 54.1 Å². The molecule has 0 aliphatic rings. The normalized spacial score (nSPS) is 12.2. The molecule has 2 aromatic rings. The Balaban J connectivity index is 1.81. The lowest BCUT2D eigenvalue weighted by molar-refractivity contribution is -0.141. The number of carbonyl (C=O) groups is 2. The number of carboxylic acids is 1. The smallest absolute Gasteiger partial charge is 0.321 e. The largest absolute Gasteiger partial charge is 0.480 e. The van der Waals surface area contributed by atoms with Crippen LogP contribution in [0.3, 0.4) is 0 Å². The molecule has 0 unspecified atom stereocenters. The number of hydrogen-bond acceptors (Lipinski definition) is 6. The van der Waals surface area contributed by atoms with E-state index in [1.54, 1.807) is 24.3 Å². The van der Waals surface area contributed by atoms with Gasteiger partial charge in [-0.2, -0.15) is 10.2 Å². The Morgan fingerprint density at radius 3 is 2.16 bits per heavy atom. The average molecular weight is 426 g/mol. The van der Waals surface area contributed by atoms with Gasteiger partial charge in [0.15, 0.2) is 0 Å². The fourth-order valence-corrected chi connectivity index (χ4v) is 2.98. The van der Waals surface area contributed by atoms with Crippen LogP contribution in [0.1, 0.15) is 26.7 Å². The number of carbonyl (C=O) groups excluding carboxylic acids is 1. The summed E-state index contributed by atoms with van der Waals surface area (Å²) in [4.78, 5) is 26.0. The van der Waals surface area contributed by atoms with Crippen molar-refractivity contribution < 1.29 is 14.7 Å². The maximum atomic E-state index is 12.3. The summed E-state index contributed by atoms with van der Waals surface area (Å²) in [5.74, 6) is -1.39. The summed E-state index contributed by atoms with van der Waals surface area (Å²) in [5, 5.41) is 23.4. The van der Waals surface area contributed by atoms with E-state index in [0.717, 1.165) is 31.7 Å². The molecule has 0 aliphatic carbocycles. The third-order valence-corrected chi connectivity index (χ3v) is 4.81. The minimum atomic E-state index is -1.03. The summed E-state index contributed by atoms with van der Waals surface area (Å²) >= 11 is 0. The number of azo groups is 1. The Kier molecular flexibility index (Phi) is 10.3. The molecule has 0 spiro atoms. The number of rotatable bonds is 13. The third kappa shape index (κ3) is 9.06. The van der Waals surface area contributed by atoms with E-state index in [4.69, 9.17) is 0 Å². The van der Waals surface area contributed by atoms with Gasteiger partial charge in [-0.25, -0.2) is 0 Å². The number of carboxylic acid groups (broad SMARTS) is 1. The monoisotopic (exact) mass is 425 g/mol. The number of anilines is 1. The van der Waals surface area contributed by atoms with E-state index in [9.17, 15) is 14.7 Å². The van der Waals surface area contributed by atoms with Crippen LogP contribution in [0, 0.1) is 0 Å². The maximum Gasteiger partial charge on any atom is 0.321 e. The number of nitrogens with one attached hydrogen (secondary N) is 2. The predicted molar refractivity (Wildman–Crippen MR) is 122 cm³/mol. The number of hydrogen-bond donors (Lipinski definition) is 3. The molecule has 0 saturated carbocycles. The van der Waals surface area contributed by atoms with Crippen molar-refractivity contribution in [1.29, 1.82) is 0 Å². The Labute approximate surface area is 183 Å². The molecule has 166 valence electrons. The number of benzene rings is 2. The van der Waals surface area contributed by atoms with Crippen LogP contribution < -0.4 is 10.6 Å². The number of amides is 1. The van der Waals surface area contributed by atoms with Gasteiger partial charge in [0.05, 0.1) is 17.8 Å². The van der Waals surface area contributed by atoms with Crippen LogP contribution in [0.2, 0.25) is 0 Å². The molecule has 2 aromatic carbocycles. The summed E-state index contributed by atoms with van der Waals surface area (Å²) in [6, 6.07) is 15.4. The molecule has 8 nitrogen and oxygen atoms in total. The van der Waals surface area contributed by atoms with Crippen molar-refractivity contribution in [3.05, 3.63) is 54.6 Å². The van der Waals surface area contributed by atoms with E-state index < -0.39 is 12.0 Å². The van der Waals surface area contributed by atoms with Gasteiger partial charge in [0.25, 0.3) is 0 Å². The lowest BCUT2D eigenvalue weighted by atomic mass is 10.2. The zero-order valence-electron chi connectivity index (χ0n) is 18.1. The first-order valence-corrected chi connectivity index (χ1v) is 10.6. The second kappa shape index (κ2) is 13.3. The van der Waals surface area contributed by atoms with E-state index >= 15 is 0 Å². The molecule has 0 radical (unpaired) electrons. The molecule has 3 N–H and O–H groups in total. The minimum Gasteiger partial charge on any atom is -0.480 e. The van der Waals surface area contributed by atoms with Crippen LogP contribution in [0.15, 0.2) is 64.8 Å². The molecule has 31 heavy (non-hydrogen) atoms. The Hall–Kier alpha value is -3.10. The molecule has 0 fully saturated rings. The molecule has 2 rings (SSSR count). The summed E-state index contributed by atoms with van der Waals surface area (Å²) in [7, 11) is 0. The van der Waals surface area contributed by atoms with Gasteiger partial charge in [0.2, 0.25) is 5.91 Å². The molecule has 1 amide bonds. The van der Waals surface area contributed by atoms with E-state index in [0.29, 0.717) is 17.9 Å². The van der Waals surface area contributed by atoms with Crippen molar-refractivity contribution in [2.45, 2.75) is 32.7 Å². The maximum absolute atomic E-state index is 12.3. The van der Waals surface area contributed by atoms with Gasteiger partial charge in [-0.1, -0.05) is 32.0 Å². The first kappa shape index (κ1) is 24.2. The molecular formula is C23H31N5O3. The molecule has 8 heteroatoms. The topological polar surface area (TPSA) is 106 Å². The number of nitrogens with zero attached hydrogens (tertiary/aromatic N) is 3. The van der Waals surface area contributed by atoms with Crippen LogP contribution in [0.25, 0.3) is 0 Å². The standard InChI is InChI=1S/C23H31N5O3/c1-3-28(4-2)16-8-15-24-21(23(30)31)17-22(29)25-18-11-13-20(14-12-18)27-26-19-9-6-5-7-10-19/h5-7,9-14,21,24H,3-4,8,15-17H2,1-2H3,(H,25,29)(H,30,31)/t21-/m0/s1. The highest BCUT2D eigenvalue weighted by Gasteiger charge is 2.20. The second-order valence-electron chi connectivity index (χ2n) is 7.06. The van der Waals surface area contributed by atoms with Crippen molar-refractivity contribution in [3.63, 3.8) is 0 Å². The van der Waals surface area contributed by atoms with Gasteiger partial charge in [-0.3, -0.25) is 9.59 Å². The van der Waals surface area contributed by atoms with Crippen molar-refractivity contribution in [1.82, 2.24) is 10.2 Å². The van der Waals surface area contributed by atoms with Gasteiger partial charge in [-0.15, -0.1) is 0 Å². The quantitative estimate of drug-likeness (QED) is 0.329. The van der Waals surface area contributed by atoms with E-state index in [2.05, 4.69) is 39.6 Å². The van der Waals surface area contributed by atoms with Gasteiger partial charge >= 0.3 is 5.97 Å². The van der Waals surface area contributed by atoms with Crippen molar-refractivity contribution in [3.8, 4) is 0 Å². The van der Waals surface area contributed by atoms with Gasteiger partial charge < -0.3 is 20.6 Å². The fraction of sp³-hybridized carbons (Fsp3) is 0.391. The molecular weight excluding hydrogens is 394 g/mol. The zero-order valence-corrected chi connectivity index (χ0v) is 18.1. The summed E-state index contributed by atoms with van der Waals surface area (Å²) in [6.45, 7) is 7.57. The number of aliphatic carboxylic acids is 1. The second-order valence-corrected chi connectivity index (χ2v) is 7.06. The summed E-state index contributed by atoms with van der Waals surface area (Å²) in [6.07, 6.45) is 0.683. The fourth-order valence-electron chi connectivity index (χ4n) is 2.98. The van der Waals surface area contributed by atoms with Gasteiger partial charge in [0, 0.05) is 5.69 Å². The lowest BCUT2D eigenvalue weighted by Gasteiger charge is -2.19. The van der Waals surface area contributed by atoms with Gasteiger partial charge in [-0.05, 0) is 69.0 Å². The SMILES string of the molecule is CCN(CC)CCCN[C@@H](CC(=O)Nc1ccc(N=Nc2ccccc2)cc1)C(=O)O. The highest BCUT2D eigenvalue weighted by molar-refractivity contribution is 5.94. The minimum absolute atomic E-state index is 0.143. The molecule has 0 aliphatic heterocycles. The lowest BCUT2D eigenvalue weighted by Crippen LogP contribution is -2.41. The Bertz CT molecular complexity index is 836. The highest BCUT2D eigenvalue weighted by Crippen LogP contribution is 2.20. The van der Waals surface area contributed by atoms with E-state index in [-0.39, 0.29) is 12.3 Å². The summed E-state index contributed by atoms with van der Waals surface area (Å²) < 4.78 is 0. The van der Waals surface area contributed by atoms with Crippen molar-refractivity contribution >= 4 is 28.9 Å². The molecule has 1 atom stereocenters. The molecule has 0 bridgehead atoms. The Morgan fingerprint density at radius 2 is 1.58 bits per heavy atom. The predicted octanol–water partition coefficient (Wildman–Crippen LogP) is 4.21. The molecule has 0 saturated heterocycles. The average Bonchev–Trinajstić information content (AvgIpc) is 2.78. The van der Waals surface area contributed by atoms with Crippen LogP contribution in [-0.2, 0) is 9.59 Å². The highest BCUT2D eigenvalue weighted by atomic mass is 16.4. The Morgan fingerprint density at radius 1 is 0.968 bits per heavy atom. The zero-order chi connectivity index (χ0) is 22.5. The van der Waals surface area contributed by atoms with Crippen LogP contribution in [0.5, 0.6) is 0 Å². The van der Waals surface area contributed by atoms with Crippen molar-refractivity contribution in [2.75, 3.05) is 31.5 Å². The van der Waals surface area contributed by atoms with E-state index in [1.165, 1.54) is 0 Å². The van der Waals surface area contributed by atoms with E-state index in [1.807, 2.05) is 30.3 Å². The third-order valence-electron chi connectivity index (χ3n) is 4.81. The first-order chi connectivity index (χ1) is 15.0. The van der Waals surface area contributed by atoms with Crippen LogP contribution in [0.4, 0.5) is 17.1 Å². The van der Waals surface area contributed by atoms with Gasteiger partial charge in [0.1, 0.15) is 6.04 Å². The van der Waals surface area contributed by atoms with Crippen molar-refractivity contribution in [2.24, 2.45) is 10.2 Å². The molecule has 0 heterocycles. The molecule has 0 aromatic heterocycles.